The molecule has 3 N–H and O–H groups in total. The summed E-state index contributed by atoms with van der Waals surface area (Å²) in [4.78, 5) is 27.9. The van der Waals surface area contributed by atoms with Gasteiger partial charge in [0.25, 0.3) is 0 Å². The molecule has 0 bridgehead atoms. The Morgan fingerprint density at radius 3 is 2.49 bits per heavy atom. The van der Waals surface area contributed by atoms with Crippen molar-refractivity contribution in [1.29, 1.82) is 0 Å². The molecule has 3 aromatic carbocycles. The predicted octanol–water partition coefficient (Wildman–Crippen LogP) is 6.52. The highest BCUT2D eigenvalue weighted by atomic mass is 35.5. The van der Waals surface area contributed by atoms with E-state index in [4.69, 9.17) is 23.2 Å². The van der Waals surface area contributed by atoms with Gasteiger partial charge in [0.15, 0.2) is 0 Å². The van der Waals surface area contributed by atoms with E-state index in [2.05, 4.69) is 36.7 Å². The Morgan fingerprint density at radius 1 is 1.05 bits per heavy atom. The molecule has 5 nitrogen and oxygen atoms in total. The van der Waals surface area contributed by atoms with Crippen LogP contribution >= 0.6 is 23.2 Å². The highest BCUT2D eigenvalue weighted by Crippen LogP contribution is 2.57. The van der Waals surface area contributed by atoms with E-state index >= 15 is 4.39 Å². The molecule has 2 aliphatic rings. The van der Waals surface area contributed by atoms with Crippen molar-refractivity contribution in [2.45, 2.75) is 50.6 Å². The third-order valence-electron chi connectivity index (χ3n) is 7.26. The van der Waals surface area contributed by atoms with Gasteiger partial charge < -0.3 is 16.0 Å². The number of carbonyl (C=O) groups is 2. The molecule has 5 rings (SSSR count). The molecule has 1 unspecified atom stereocenters. The van der Waals surface area contributed by atoms with Crippen LogP contribution in [-0.2, 0) is 15.0 Å². The summed E-state index contributed by atoms with van der Waals surface area (Å²) in [5.74, 6) is -2.18. The maximum Gasteiger partial charge on any atom is 0.242 e. The van der Waals surface area contributed by atoms with Crippen molar-refractivity contribution in [3.63, 3.8) is 0 Å². The van der Waals surface area contributed by atoms with Gasteiger partial charge in [-0.25, -0.2) is 4.39 Å². The first-order valence-corrected chi connectivity index (χ1v) is 13.0. The van der Waals surface area contributed by atoms with Crippen LogP contribution in [-0.4, -0.2) is 23.9 Å². The summed E-state index contributed by atoms with van der Waals surface area (Å²) >= 11 is 12.5. The lowest BCUT2D eigenvalue weighted by Gasteiger charge is -2.37. The molecule has 0 aliphatic carbocycles. The average Bonchev–Trinajstić information content (AvgIpc) is 3.30. The summed E-state index contributed by atoms with van der Waals surface area (Å²) in [6, 6.07) is 17.6. The average molecular weight is 540 g/mol. The first kappa shape index (κ1) is 25.7. The number of hydrogen-bond acceptors (Lipinski definition) is 3. The number of para-hydroxylation sites is 1. The molecule has 37 heavy (non-hydrogen) atoms. The molecule has 192 valence electrons. The van der Waals surface area contributed by atoms with E-state index in [9.17, 15) is 9.59 Å². The summed E-state index contributed by atoms with van der Waals surface area (Å²) in [6.45, 7) is 6.22. The molecule has 2 heterocycles. The van der Waals surface area contributed by atoms with Crippen molar-refractivity contribution >= 4 is 46.4 Å². The number of benzene rings is 3. The van der Waals surface area contributed by atoms with Crippen molar-refractivity contribution in [3.05, 3.63) is 93.7 Å². The minimum Gasteiger partial charge on any atom is -0.325 e. The molecule has 2 amide bonds. The molecule has 0 saturated carbocycles. The lowest BCUT2D eigenvalue weighted by molar-refractivity contribution is -0.122. The summed E-state index contributed by atoms with van der Waals surface area (Å²) in [7, 11) is 0. The van der Waals surface area contributed by atoms with Crippen LogP contribution in [0.4, 0.5) is 15.8 Å². The van der Waals surface area contributed by atoms with Crippen LogP contribution in [0, 0.1) is 11.2 Å². The monoisotopic (exact) mass is 539 g/mol. The number of hydrogen-bond donors (Lipinski definition) is 3. The van der Waals surface area contributed by atoms with Gasteiger partial charge in [0.05, 0.1) is 11.1 Å². The van der Waals surface area contributed by atoms with Gasteiger partial charge in [-0.1, -0.05) is 80.4 Å². The van der Waals surface area contributed by atoms with Crippen molar-refractivity contribution in [3.8, 4) is 0 Å². The lowest BCUT2D eigenvalue weighted by Crippen LogP contribution is -2.49. The fourth-order valence-corrected chi connectivity index (χ4v) is 6.25. The van der Waals surface area contributed by atoms with E-state index in [1.807, 2.05) is 18.2 Å². The fraction of sp³-hybridized carbons (Fsp3) is 0.310. The number of rotatable bonds is 4. The molecule has 1 spiro atoms. The van der Waals surface area contributed by atoms with Crippen molar-refractivity contribution in [2.24, 2.45) is 5.41 Å². The maximum absolute atomic E-state index is 15.7. The summed E-state index contributed by atoms with van der Waals surface area (Å²) in [6.07, 6.45) is 0.552. The second kappa shape index (κ2) is 9.43. The highest BCUT2D eigenvalue weighted by Gasteiger charge is 2.66. The van der Waals surface area contributed by atoms with Crippen LogP contribution in [0.5, 0.6) is 0 Å². The smallest absolute Gasteiger partial charge is 0.242 e. The first-order valence-electron chi connectivity index (χ1n) is 12.2. The first-order chi connectivity index (χ1) is 17.5. The van der Waals surface area contributed by atoms with Crippen molar-refractivity contribution in [2.75, 3.05) is 10.6 Å². The van der Waals surface area contributed by atoms with Gasteiger partial charge in [-0.05, 0) is 53.3 Å². The summed E-state index contributed by atoms with van der Waals surface area (Å²) in [5, 5.41) is 9.80. The van der Waals surface area contributed by atoms with Crippen LogP contribution in [0.2, 0.25) is 10.0 Å². The van der Waals surface area contributed by atoms with Gasteiger partial charge in [0, 0.05) is 28.4 Å². The number of carbonyl (C=O) groups excluding carboxylic acids is 2. The number of amides is 2. The van der Waals surface area contributed by atoms with E-state index in [1.54, 1.807) is 42.5 Å². The molecule has 2 aliphatic heterocycles. The molecule has 3 aromatic rings. The number of halogens is 3. The topological polar surface area (TPSA) is 70.2 Å². The van der Waals surface area contributed by atoms with Gasteiger partial charge >= 0.3 is 0 Å². The molecular weight excluding hydrogens is 512 g/mol. The zero-order valence-electron chi connectivity index (χ0n) is 20.7. The SMILES string of the molecule is CC(C)(C)C[C@@H]1N[C@@H](C(=O)Nc2ccccc2)[C@H](c2cccc(Cl)c2F)C12C(=O)Nc1cc(Cl)ccc12. The minimum atomic E-state index is -1.28. The number of anilines is 2. The van der Waals surface area contributed by atoms with Gasteiger partial charge in [-0.3, -0.25) is 9.59 Å². The molecule has 4 atom stereocenters. The van der Waals surface area contributed by atoms with Crippen LogP contribution in [0.1, 0.15) is 44.2 Å². The Hall–Kier alpha value is -2.93. The molecule has 0 radical (unpaired) electrons. The fourth-order valence-electron chi connectivity index (χ4n) is 5.89. The van der Waals surface area contributed by atoms with Crippen LogP contribution in [0.15, 0.2) is 66.7 Å². The largest absolute Gasteiger partial charge is 0.325 e. The molecule has 0 aromatic heterocycles. The van der Waals surface area contributed by atoms with Gasteiger partial charge in [0.2, 0.25) is 11.8 Å². The summed E-state index contributed by atoms with van der Waals surface area (Å²) < 4.78 is 15.7. The van der Waals surface area contributed by atoms with E-state index in [0.717, 1.165) is 0 Å². The zero-order chi connectivity index (χ0) is 26.5. The van der Waals surface area contributed by atoms with Crippen molar-refractivity contribution < 1.29 is 14.0 Å². The second-order valence-electron chi connectivity index (χ2n) is 11.0. The molecule has 8 heteroatoms. The molecule has 1 saturated heterocycles. The number of fused-ring (bicyclic) bond motifs is 2. The Balaban J connectivity index is 1.74. The maximum atomic E-state index is 15.7. The third-order valence-corrected chi connectivity index (χ3v) is 7.79. The van der Waals surface area contributed by atoms with Gasteiger partial charge in [-0.15, -0.1) is 0 Å². The Labute approximate surface area is 225 Å². The zero-order valence-corrected chi connectivity index (χ0v) is 22.3. The van der Waals surface area contributed by atoms with Crippen molar-refractivity contribution in [1.82, 2.24) is 5.32 Å². The third kappa shape index (κ3) is 4.41. The van der Waals surface area contributed by atoms with Gasteiger partial charge in [0.1, 0.15) is 11.2 Å². The predicted molar refractivity (Wildman–Crippen MR) is 146 cm³/mol. The minimum absolute atomic E-state index is 0.0659. The van der Waals surface area contributed by atoms with Crippen LogP contribution < -0.4 is 16.0 Å². The standard InChI is InChI=1S/C29H28Cl2FN3O2/c1-28(2,3)15-22-29(19-13-12-16(30)14-21(19)34-27(29)37)23(18-10-7-11-20(31)24(18)32)25(35-22)26(36)33-17-8-5-4-6-9-17/h4-14,22-23,25,35H,15H2,1-3H3,(H,33,36)(H,34,37)/t22-,23-,25+,29?/m0/s1. The Morgan fingerprint density at radius 2 is 1.78 bits per heavy atom. The van der Waals surface area contributed by atoms with E-state index < -0.39 is 29.2 Å². The second-order valence-corrected chi connectivity index (χ2v) is 11.8. The highest BCUT2D eigenvalue weighted by molar-refractivity contribution is 6.31. The summed E-state index contributed by atoms with van der Waals surface area (Å²) in [5.41, 5.74) is 0.580. The normalized spacial score (nSPS) is 24.7. The van der Waals surface area contributed by atoms with E-state index in [1.165, 1.54) is 6.07 Å². The quantitative estimate of drug-likeness (QED) is 0.353. The molecular formula is C29H28Cl2FN3O2. The molecule has 1 fully saturated rings. The van der Waals surface area contributed by atoms with E-state index in [0.29, 0.717) is 28.4 Å². The Kier molecular flexibility index (Phi) is 6.55. The van der Waals surface area contributed by atoms with Crippen LogP contribution in [0.3, 0.4) is 0 Å². The lowest BCUT2D eigenvalue weighted by atomic mass is 9.62. The van der Waals surface area contributed by atoms with Gasteiger partial charge in [-0.2, -0.15) is 0 Å². The number of nitrogens with one attached hydrogen (secondary N) is 3. The van der Waals surface area contributed by atoms with Crippen LogP contribution in [0.25, 0.3) is 0 Å². The van der Waals surface area contributed by atoms with E-state index in [-0.39, 0.29) is 27.8 Å². The Bertz CT molecular complexity index is 1380.